The first-order valence-corrected chi connectivity index (χ1v) is 7.20. The molecule has 0 radical (unpaired) electrons. The van der Waals surface area contributed by atoms with Crippen molar-refractivity contribution in [1.82, 2.24) is 5.32 Å². The number of hydrogen-bond acceptors (Lipinski definition) is 2. The largest absolute Gasteiger partial charge is 0.496 e. The van der Waals surface area contributed by atoms with Gasteiger partial charge >= 0.3 is 0 Å². The standard InChI is InChI=1S/C15H14Cl3NO/c1-20-15-4-2-3-14(18)13(15)9-19-8-10-5-11(16)7-12(17)6-10/h2-7,19H,8-9H2,1H3. The van der Waals surface area contributed by atoms with Gasteiger partial charge in [0.05, 0.1) is 7.11 Å². The van der Waals surface area contributed by atoms with E-state index in [-0.39, 0.29) is 0 Å². The summed E-state index contributed by atoms with van der Waals surface area (Å²) < 4.78 is 5.30. The minimum absolute atomic E-state index is 0.604. The molecular weight excluding hydrogens is 317 g/mol. The number of nitrogens with one attached hydrogen (secondary N) is 1. The van der Waals surface area contributed by atoms with E-state index in [1.165, 1.54) is 0 Å². The van der Waals surface area contributed by atoms with E-state index < -0.39 is 0 Å². The smallest absolute Gasteiger partial charge is 0.124 e. The highest BCUT2D eigenvalue weighted by Crippen LogP contribution is 2.26. The van der Waals surface area contributed by atoms with E-state index in [1.54, 1.807) is 13.2 Å². The third kappa shape index (κ3) is 4.03. The first kappa shape index (κ1) is 15.5. The van der Waals surface area contributed by atoms with E-state index >= 15 is 0 Å². The van der Waals surface area contributed by atoms with Gasteiger partial charge < -0.3 is 10.1 Å². The van der Waals surface area contributed by atoms with Crippen molar-refractivity contribution in [2.75, 3.05) is 7.11 Å². The summed E-state index contributed by atoms with van der Waals surface area (Å²) in [5, 5.41) is 5.25. The van der Waals surface area contributed by atoms with Crippen molar-refractivity contribution in [2.45, 2.75) is 13.1 Å². The molecule has 0 unspecified atom stereocenters. The van der Waals surface area contributed by atoms with E-state index in [2.05, 4.69) is 5.32 Å². The molecule has 1 N–H and O–H groups in total. The predicted octanol–water partition coefficient (Wildman–Crippen LogP) is 4.95. The number of methoxy groups -OCH3 is 1. The molecule has 2 rings (SSSR count). The van der Waals surface area contributed by atoms with Crippen molar-refractivity contribution in [2.24, 2.45) is 0 Å². The van der Waals surface area contributed by atoms with Crippen molar-refractivity contribution < 1.29 is 4.74 Å². The molecular formula is C15H14Cl3NO. The van der Waals surface area contributed by atoms with Crippen LogP contribution in [0.5, 0.6) is 5.75 Å². The van der Waals surface area contributed by atoms with Gasteiger partial charge in [-0.25, -0.2) is 0 Å². The van der Waals surface area contributed by atoms with Gasteiger partial charge in [0, 0.05) is 33.7 Å². The van der Waals surface area contributed by atoms with Gasteiger partial charge in [0.2, 0.25) is 0 Å². The molecule has 0 saturated carbocycles. The van der Waals surface area contributed by atoms with E-state index in [4.69, 9.17) is 39.5 Å². The monoisotopic (exact) mass is 329 g/mol. The zero-order chi connectivity index (χ0) is 14.5. The maximum atomic E-state index is 6.18. The molecule has 0 spiro atoms. The van der Waals surface area contributed by atoms with Gasteiger partial charge in [0.15, 0.2) is 0 Å². The molecule has 106 valence electrons. The number of hydrogen-bond donors (Lipinski definition) is 1. The van der Waals surface area contributed by atoms with Crippen molar-refractivity contribution in [3.05, 3.63) is 62.6 Å². The van der Waals surface area contributed by atoms with Gasteiger partial charge in [0.25, 0.3) is 0 Å². The van der Waals surface area contributed by atoms with Crippen LogP contribution in [-0.2, 0) is 13.1 Å². The van der Waals surface area contributed by atoms with Crippen molar-refractivity contribution >= 4 is 34.8 Å². The molecule has 5 heteroatoms. The summed E-state index contributed by atoms with van der Waals surface area (Å²) in [6, 6.07) is 11.1. The lowest BCUT2D eigenvalue weighted by Crippen LogP contribution is -2.13. The SMILES string of the molecule is COc1cccc(Cl)c1CNCc1cc(Cl)cc(Cl)c1. The lowest BCUT2D eigenvalue weighted by molar-refractivity contribution is 0.407. The summed E-state index contributed by atoms with van der Waals surface area (Å²) in [6.45, 7) is 1.25. The zero-order valence-electron chi connectivity index (χ0n) is 10.9. The third-order valence-electron chi connectivity index (χ3n) is 2.85. The van der Waals surface area contributed by atoms with E-state index in [0.717, 1.165) is 16.9 Å². The van der Waals surface area contributed by atoms with Gasteiger partial charge in [-0.1, -0.05) is 40.9 Å². The third-order valence-corrected chi connectivity index (χ3v) is 3.64. The lowest BCUT2D eigenvalue weighted by Gasteiger charge is -2.11. The number of ether oxygens (including phenoxy) is 1. The normalized spacial score (nSPS) is 10.6. The van der Waals surface area contributed by atoms with Crippen LogP contribution in [0.2, 0.25) is 15.1 Å². The maximum Gasteiger partial charge on any atom is 0.124 e. The highest BCUT2D eigenvalue weighted by atomic mass is 35.5. The van der Waals surface area contributed by atoms with Crippen molar-refractivity contribution in [3.63, 3.8) is 0 Å². The van der Waals surface area contributed by atoms with Crippen LogP contribution in [0, 0.1) is 0 Å². The quantitative estimate of drug-likeness (QED) is 0.838. The van der Waals surface area contributed by atoms with E-state index in [9.17, 15) is 0 Å². The minimum Gasteiger partial charge on any atom is -0.496 e. The van der Waals surface area contributed by atoms with Crippen LogP contribution in [0.3, 0.4) is 0 Å². The predicted molar refractivity (Wildman–Crippen MR) is 85.0 cm³/mol. The van der Waals surface area contributed by atoms with Gasteiger partial charge in [-0.05, 0) is 35.9 Å². The Hall–Kier alpha value is -0.930. The zero-order valence-corrected chi connectivity index (χ0v) is 13.2. The second-order valence-electron chi connectivity index (χ2n) is 4.30. The Morgan fingerprint density at radius 3 is 2.35 bits per heavy atom. The molecule has 0 aliphatic carbocycles. The van der Waals surface area contributed by atoms with Crippen LogP contribution >= 0.6 is 34.8 Å². The molecule has 0 aromatic heterocycles. The molecule has 20 heavy (non-hydrogen) atoms. The van der Waals surface area contributed by atoms with Crippen molar-refractivity contribution in [3.8, 4) is 5.75 Å². The average Bonchev–Trinajstić information content (AvgIpc) is 2.39. The summed E-state index contributed by atoms with van der Waals surface area (Å²) in [5.74, 6) is 0.772. The summed E-state index contributed by atoms with van der Waals surface area (Å²) >= 11 is 18.1. The van der Waals surface area contributed by atoms with Crippen LogP contribution in [0.25, 0.3) is 0 Å². The average molecular weight is 331 g/mol. The van der Waals surface area contributed by atoms with Crippen LogP contribution in [0.4, 0.5) is 0 Å². The minimum atomic E-state index is 0.604. The Balaban J connectivity index is 2.03. The molecule has 0 aliphatic heterocycles. The van der Waals surface area contributed by atoms with Crippen LogP contribution in [-0.4, -0.2) is 7.11 Å². The molecule has 2 aromatic rings. The fraction of sp³-hybridized carbons (Fsp3) is 0.200. The van der Waals surface area contributed by atoms with Gasteiger partial charge in [-0.15, -0.1) is 0 Å². The Morgan fingerprint density at radius 2 is 1.70 bits per heavy atom. The molecule has 0 saturated heterocycles. The summed E-state index contributed by atoms with van der Waals surface area (Å²) in [7, 11) is 1.63. The number of benzene rings is 2. The highest BCUT2D eigenvalue weighted by Gasteiger charge is 2.07. The molecule has 0 fully saturated rings. The Kier molecular flexibility index (Phi) is 5.55. The first-order valence-electron chi connectivity index (χ1n) is 6.07. The topological polar surface area (TPSA) is 21.3 Å². The lowest BCUT2D eigenvalue weighted by atomic mass is 10.2. The van der Waals surface area contributed by atoms with Gasteiger partial charge in [-0.2, -0.15) is 0 Å². The van der Waals surface area contributed by atoms with E-state index in [1.807, 2.05) is 30.3 Å². The van der Waals surface area contributed by atoms with Crippen LogP contribution < -0.4 is 10.1 Å². The molecule has 0 bridgehead atoms. The summed E-state index contributed by atoms with van der Waals surface area (Å²) in [4.78, 5) is 0. The Bertz CT molecular complexity index is 581. The van der Waals surface area contributed by atoms with Gasteiger partial charge in [0.1, 0.15) is 5.75 Å². The maximum absolute atomic E-state index is 6.18. The molecule has 0 amide bonds. The van der Waals surface area contributed by atoms with Crippen molar-refractivity contribution in [1.29, 1.82) is 0 Å². The number of halogens is 3. The van der Waals surface area contributed by atoms with Crippen LogP contribution in [0.1, 0.15) is 11.1 Å². The summed E-state index contributed by atoms with van der Waals surface area (Å²) in [6.07, 6.45) is 0. The molecule has 0 atom stereocenters. The highest BCUT2D eigenvalue weighted by molar-refractivity contribution is 6.34. The van der Waals surface area contributed by atoms with E-state index in [0.29, 0.717) is 28.2 Å². The van der Waals surface area contributed by atoms with Crippen LogP contribution in [0.15, 0.2) is 36.4 Å². The van der Waals surface area contributed by atoms with Gasteiger partial charge in [-0.3, -0.25) is 0 Å². The molecule has 2 aromatic carbocycles. The first-order chi connectivity index (χ1) is 9.60. The molecule has 0 aliphatic rings. The number of rotatable bonds is 5. The summed E-state index contributed by atoms with van der Waals surface area (Å²) in [5.41, 5.74) is 1.96. The fourth-order valence-electron chi connectivity index (χ4n) is 1.95. The Labute approximate surface area is 133 Å². The molecule has 0 heterocycles. The Morgan fingerprint density at radius 1 is 1.00 bits per heavy atom. The second-order valence-corrected chi connectivity index (χ2v) is 5.58. The molecule has 2 nitrogen and oxygen atoms in total. The fourth-order valence-corrected chi connectivity index (χ4v) is 2.75. The second kappa shape index (κ2) is 7.19.